The first-order chi connectivity index (χ1) is 16.4. The summed E-state index contributed by atoms with van der Waals surface area (Å²) in [6.07, 6.45) is 6.48. The van der Waals surface area contributed by atoms with Crippen LogP contribution in [0.5, 0.6) is 0 Å². The van der Waals surface area contributed by atoms with Crippen molar-refractivity contribution in [2.24, 2.45) is 0 Å². The standard InChI is InChI=1S/C26H36N2O6/c1-3-5-7-9-17-13-19-15-34-26(20(19)14-18(17)10-8-6-4-2)21(29)16-33-24(23(26)31)28-12-11-22(30)27-25(28)32/h11-14,21,23-24,29,31H,3-10,15-16H2,1-2H3,(H,27,30,32)/t21-,23+,24-,26-/m1/s1. The molecule has 3 heterocycles. The summed E-state index contributed by atoms with van der Waals surface area (Å²) in [4.78, 5) is 26.1. The summed E-state index contributed by atoms with van der Waals surface area (Å²) in [7, 11) is 0. The maximum absolute atomic E-state index is 12.4. The van der Waals surface area contributed by atoms with Crippen LogP contribution in [0.1, 0.15) is 80.9 Å². The van der Waals surface area contributed by atoms with Crippen LogP contribution in [0.15, 0.2) is 34.0 Å². The summed E-state index contributed by atoms with van der Waals surface area (Å²) in [5.41, 5.74) is 1.64. The average molecular weight is 473 g/mol. The molecule has 8 nitrogen and oxygen atoms in total. The number of rotatable bonds is 9. The van der Waals surface area contributed by atoms with E-state index in [0.29, 0.717) is 0 Å². The number of nitrogens with one attached hydrogen (secondary N) is 1. The molecule has 1 aromatic heterocycles. The van der Waals surface area contributed by atoms with Crippen molar-refractivity contribution in [1.82, 2.24) is 9.55 Å². The number of hydrogen-bond donors (Lipinski definition) is 3. The van der Waals surface area contributed by atoms with E-state index in [1.54, 1.807) is 0 Å². The molecule has 1 saturated heterocycles. The maximum atomic E-state index is 12.4. The van der Waals surface area contributed by atoms with Gasteiger partial charge in [0.05, 0.1) is 13.2 Å². The van der Waals surface area contributed by atoms with Gasteiger partial charge in [0, 0.05) is 12.3 Å². The summed E-state index contributed by atoms with van der Waals surface area (Å²) < 4.78 is 13.0. The Labute approximate surface area is 199 Å². The molecule has 0 saturated carbocycles. The normalized spacial score (nSPS) is 26.2. The lowest BCUT2D eigenvalue weighted by Crippen LogP contribution is -2.60. The van der Waals surface area contributed by atoms with E-state index in [2.05, 4.69) is 31.0 Å². The Bertz CT molecular complexity index is 1110. The number of aliphatic hydroxyl groups is 2. The van der Waals surface area contributed by atoms with Crippen LogP contribution in [0.25, 0.3) is 0 Å². The SMILES string of the molecule is CCCCCc1cc2c(cc1CCCCC)[C@@]1(OC2)[C@H](O)CO[C@@H](n2ccc(=O)[nH]c2=O)[C@@H]1O. The molecular formula is C26H36N2O6. The fraction of sp³-hybridized carbons (Fsp3) is 0.615. The Morgan fingerprint density at radius 2 is 1.74 bits per heavy atom. The molecule has 0 unspecified atom stereocenters. The Kier molecular flexibility index (Phi) is 7.72. The monoisotopic (exact) mass is 472 g/mol. The number of unbranched alkanes of at least 4 members (excludes halogenated alkanes) is 4. The zero-order valence-corrected chi connectivity index (χ0v) is 20.1. The molecule has 1 spiro atoms. The highest BCUT2D eigenvalue weighted by atomic mass is 16.6. The van der Waals surface area contributed by atoms with Crippen molar-refractivity contribution < 1.29 is 19.7 Å². The first kappa shape index (κ1) is 24.9. The molecule has 2 aliphatic rings. The Balaban J connectivity index is 1.73. The fourth-order valence-corrected chi connectivity index (χ4v) is 5.29. The molecule has 1 fully saturated rings. The van der Waals surface area contributed by atoms with Gasteiger partial charge in [0.15, 0.2) is 11.8 Å². The summed E-state index contributed by atoms with van der Waals surface area (Å²) in [6, 6.07) is 5.48. The molecule has 2 aromatic rings. The number of ether oxygens (including phenoxy) is 2. The zero-order valence-electron chi connectivity index (χ0n) is 20.1. The van der Waals surface area contributed by atoms with Gasteiger partial charge in [-0.05, 0) is 47.9 Å². The van der Waals surface area contributed by atoms with Gasteiger partial charge in [-0.25, -0.2) is 4.79 Å². The smallest absolute Gasteiger partial charge is 0.330 e. The number of H-pyrrole nitrogens is 1. The molecule has 186 valence electrons. The van der Waals surface area contributed by atoms with Crippen LogP contribution in [0.4, 0.5) is 0 Å². The fourth-order valence-electron chi connectivity index (χ4n) is 5.29. The minimum atomic E-state index is -1.41. The molecule has 0 amide bonds. The summed E-state index contributed by atoms with van der Waals surface area (Å²) in [6.45, 7) is 4.53. The molecule has 34 heavy (non-hydrogen) atoms. The van der Waals surface area contributed by atoms with Crippen molar-refractivity contribution in [3.8, 4) is 0 Å². The van der Waals surface area contributed by atoms with Crippen molar-refractivity contribution in [2.45, 2.75) is 95.9 Å². The molecule has 0 bridgehead atoms. The largest absolute Gasteiger partial charge is 0.387 e. The van der Waals surface area contributed by atoms with Crippen molar-refractivity contribution in [3.63, 3.8) is 0 Å². The number of aryl methyl sites for hydroxylation is 2. The van der Waals surface area contributed by atoms with E-state index in [0.717, 1.165) is 60.6 Å². The molecular weight excluding hydrogens is 436 g/mol. The van der Waals surface area contributed by atoms with E-state index in [1.807, 2.05) is 0 Å². The molecule has 1 aromatic carbocycles. The van der Waals surface area contributed by atoms with Crippen molar-refractivity contribution in [2.75, 3.05) is 6.61 Å². The second kappa shape index (κ2) is 10.6. The summed E-state index contributed by atoms with van der Waals surface area (Å²) in [5.74, 6) is 0. The quantitative estimate of drug-likeness (QED) is 0.484. The predicted octanol–water partition coefficient (Wildman–Crippen LogP) is 2.68. The van der Waals surface area contributed by atoms with Crippen LogP contribution in [-0.4, -0.2) is 38.6 Å². The Hall–Kier alpha value is -2.26. The number of benzene rings is 1. The number of aromatic amines is 1. The van der Waals surface area contributed by atoms with Crippen molar-refractivity contribution >= 4 is 0 Å². The number of hydrogen-bond acceptors (Lipinski definition) is 6. The van der Waals surface area contributed by atoms with Gasteiger partial charge in [-0.2, -0.15) is 0 Å². The molecule has 4 atom stereocenters. The number of aromatic nitrogens is 2. The molecule has 2 aliphatic heterocycles. The first-order valence-electron chi connectivity index (χ1n) is 12.5. The lowest BCUT2D eigenvalue weighted by atomic mass is 9.78. The van der Waals surface area contributed by atoms with E-state index < -0.39 is 35.3 Å². The topological polar surface area (TPSA) is 114 Å². The Morgan fingerprint density at radius 3 is 2.38 bits per heavy atom. The highest BCUT2D eigenvalue weighted by molar-refractivity contribution is 5.45. The van der Waals surface area contributed by atoms with Crippen molar-refractivity contribution in [3.05, 3.63) is 67.5 Å². The van der Waals surface area contributed by atoms with Crippen LogP contribution in [0.2, 0.25) is 0 Å². The van der Waals surface area contributed by atoms with Crippen LogP contribution < -0.4 is 11.2 Å². The summed E-state index contributed by atoms with van der Waals surface area (Å²) in [5, 5.41) is 22.5. The first-order valence-corrected chi connectivity index (χ1v) is 12.5. The van der Waals surface area contributed by atoms with Gasteiger partial charge >= 0.3 is 5.69 Å². The van der Waals surface area contributed by atoms with Crippen LogP contribution in [0.3, 0.4) is 0 Å². The van der Waals surface area contributed by atoms with Gasteiger partial charge in [-0.1, -0.05) is 51.7 Å². The van der Waals surface area contributed by atoms with Gasteiger partial charge in [0.1, 0.15) is 12.2 Å². The number of fused-ring (bicyclic) bond motifs is 2. The van der Waals surface area contributed by atoms with Gasteiger partial charge < -0.3 is 19.7 Å². The molecule has 3 N–H and O–H groups in total. The third-order valence-corrected chi connectivity index (χ3v) is 7.17. The second-order valence-corrected chi connectivity index (χ2v) is 9.48. The Morgan fingerprint density at radius 1 is 1.06 bits per heavy atom. The minimum absolute atomic E-state index is 0.115. The maximum Gasteiger partial charge on any atom is 0.330 e. The van der Waals surface area contributed by atoms with E-state index in [1.165, 1.54) is 29.8 Å². The summed E-state index contributed by atoms with van der Waals surface area (Å²) >= 11 is 0. The van der Waals surface area contributed by atoms with E-state index in [4.69, 9.17) is 9.47 Å². The molecule has 4 rings (SSSR count). The van der Waals surface area contributed by atoms with E-state index in [9.17, 15) is 19.8 Å². The van der Waals surface area contributed by atoms with Crippen molar-refractivity contribution in [1.29, 1.82) is 0 Å². The second-order valence-electron chi connectivity index (χ2n) is 9.48. The predicted molar refractivity (Wildman–Crippen MR) is 128 cm³/mol. The zero-order chi connectivity index (χ0) is 24.3. The molecule has 0 radical (unpaired) electrons. The third kappa shape index (κ3) is 4.52. The van der Waals surface area contributed by atoms with Gasteiger partial charge in [-0.3, -0.25) is 14.3 Å². The van der Waals surface area contributed by atoms with Gasteiger partial charge in [0.2, 0.25) is 0 Å². The number of aliphatic hydroxyl groups excluding tert-OH is 2. The molecule has 8 heteroatoms. The average Bonchev–Trinajstić information content (AvgIpc) is 3.18. The lowest BCUT2D eigenvalue weighted by Gasteiger charge is -2.46. The van der Waals surface area contributed by atoms with Crippen LogP contribution >= 0.6 is 0 Å². The highest BCUT2D eigenvalue weighted by Gasteiger charge is 2.58. The minimum Gasteiger partial charge on any atom is -0.387 e. The van der Waals surface area contributed by atoms with Crippen LogP contribution in [-0.2, 0) is 34.5 Å². The third-order valence-electron chi connectivity index (χ3n) is 7.17. The number of nitrogens with zero attached hydrogens (tertiary/aromatic N) is 1. The molecule has 0 aliphatic carbocycles. The van der Waals surface area contributed by atoms with Gasteiger partial charge in [0.25, 0.3) is 5.56 Å². The van der Waals surface area contributed by atoms with Gasteiger partial charge in [-0.15, -0.1) is 0 Å². The van der Waals surface area contributed by atoms with Crippen LogP contribution in [0, 0.1) is 0 Å². The highest BCUT2D eigenvalue weighted by Crippen LogP contribution is 2.48. The van der Waals surface area contributed by atoms with E-state index >= 15 is 0 Å². The van der Waals surface area contributed by atoms with E-state index in [-0.39, 0.29) is 13.2 Å². The lowest BCUT2D eigenvalue weighted by molar-refractivity contribution is -0.280.